The Morgan fingerprint density at radius 2 is 1.88 bits per heavy atom. The maximum atomic E-state index is 12.6. The second-order valence-corrected chi connectivity index (χ2v) is 6.86. The van der Waals surface area contributed by atoms with Crippen LogP contribution in [0.5, 0.6) is 0 Å². The molecule has 2 heterocycles. The lowest BCUT2D eigenvalue weighted by atomic mass is 10.1. The lowest BCUT2D eigenvalue weighted by Gasteiger charge is -2.35. The summed E-state index contributed by atoms with van der Waals surface area (Å²) in [6.45, 7) is 6.30. The van der Waals surface area contributed by atoms with Crippen LogP contribution in [0.1, 0.15) is 16.1 Å². The number of H-pyrrole nitrogens is 1. The Bertz CT molecular complexity index is 940. The van der Waals surface area contributed by atoms with Crippen LogP contribution in [0, 0.1) is 6.92 Å². The van der Waals surface area contributed by atoms with Crippen molar-refractivity contribution in [2.75, 3.05) is 43.4 Å². The van der Waals surface area contributed by atoms with Crippen molar-refractivity contribution in [1.29, 1.82) is 0 Å². The normalized spacial score (nSPS) is 15.4. The molecular formula is C20H23N5O. The van der Waals surface area contributed by atoms with E-state index in [-0.39, 0.29) is 5.91 Å². The maximum absolute atomic E-state index is 12.6. The summed E-state index contributed by atoms with van der Waals surface area (Å²) in [6, 6.07) is 13.7. The lowest BCUT2D eigenvalue weighted by molar-refractivity contribution is 0.102. The van der Waals surface area contributed by atoms with E-state index in [0.717, 1.165) is 42.8 Å². The second-order valence-electron chi connectivity index (χ2n) is 6.86. The van der Waals surface area contributed by atoms with Crippen molar-refractivity contribution in [3.63, 3.8) is 0 Å². The number of hydrogen-bond donors (Lipinski definition) is 2. The molecule has 1 aliphatic rings. The predicted octanol–water partition coefficient (Wildman–Crippen LogP) is 2.88. The number of anilines is 2. The number of amides is 1. The number of aromatic nitrogens is 2. The summed E-state index contributed by atoms with van der Waals surface area (Å²) in [5.74, 6) is -0.200. The summed E-state index contributed by atoms with van der Waals surface area (Å²) in [6.07, 6.45) is 0. The standard InChI is InChI=1S/C20H23N5O/c1-14-13-15(7-8-18(14)25-11-9-24(2)10-12-25)21-20(26)19-16-5-3-4-6-17(16)22-23-19/h3-8,13H,9-12H2,1-2H3,(H,21,26)(H,22,23). The zero-order chi connectivity index (χ0) is 18.1. The van der Waals surface area contributed by atoms with Gasteiger partial charge >= 0.3 is 0 Å². The van der Waals surface area contributed by atoms with Crippen LogP contribution in [0.15, 0.2) is 42.5 Å². The Hall–Kier alpha value is -2.86. The third-order valence-corrected chi connectivity index (χ3v) is 4.98. The van der Waals surface area contributed by atoms with Crippen molar-refractivity contribution in [2.24, 2.45) is 0 Å². The van der Waals surface area contributed by atoms with Crippen LogP contribution in [0.25, 0.3) is 10.9 Å². The van der Waals surface area contributed by atoms with Crippen molar-refractivity contribution < 1.29 is 4.79 Å². The third-order valence-electron chi connectivity index (χ3n) is 4.98. The highest BCUT2D eigenvalue weighted by Crippen LogP contribution is 2.25. The van der Waals surface area contributed by atoms with Crippen LogP contribution in [0.4, 0.5) is 11.4 Å². The molecule has 1 aliphatic heterocycles. The van der Waals surface area contributed by atoms with Gasteiger partial charge in [-0.05, 0) is 43.8 Å². The summed E-state index contributed by atoms with van der Waals surface area (Å²) in [7, 11) is 2.15. The average molecular weight is 349 g/mol. The fourth-order valence-corrected chi connectivity index (χ4v) is 3.46. The molecule has 1 amide bonds. The first kappa shape index (κ1) is 16.6. The molecular weight excluding hydrogens is 326 g/mol. The van der Waals surface area contributed by atoms with Crippen LogP contribution in [0.3, 0.4) is 0 Å². The number of aryl methyl sites for hydroxylation is 1. The highest BCUT2D eigenvalue weighted by atomic mass is 16.1. The van der Waals surface area contributed by atoms with Gasteiger partial charge in [0.15, 0.2) is 5.69 Å². The Morgan fingerprint density at radius 3 is 2.65 bits per heavy atom. The zero-order valence-corrected chi connectivity index (χ0v) is 15.1. The van der Waals surface area contributed by atoms with Gasteiger partial charge in [-0.1, -0.05) is 18.2 Å². The summed E-state index contributed by atoms with van der Waals surface area (Å²) < 4.78 is 0. The fourth-order valence-electron chi connectivity index (χ4n) is 3.46. The highest BCUT2D eigenvalue weighted by molar-refractivity contribution is 6.11. The van der Waals surface area contributed by atoms with Gasteiger partial charge in [-0.3, -0.25) is 9.89 Å². The largest absolute Gasteiger partial charge is 0.369 e. The molecule has 0 unspecified atom stereocenters. The molecule has 1 fully saturated rings. The quantitative estimate of drug-likeness (QED) is 0.763. The van der Waals surface area contributed by atoms with Crippen LogP contribution >= 0.6 is 0 Å². The van der Waals surface area contributed by atoms with Gasteiger partial charge < -0.3 is 15.1 Å². The Kier molecular flexibility index (Phi) is 4.34. The highest BCUT2D eigenvalue weighted by Gasteiger charge is 2.17. The summed E-state index contributed by atoms with van der Waals surface area (Å²) in [4.78, 5) is 17.4. The number of benzene rings is 2. The Balaban J connectivity index is 1.52. The van der Waals surface area contributed by atoms with Gasteiger partial charge in [0, 0.05) is 42.9 Å². The van der Waals surface area contributed by atoms with E-state index >= 15 is 0 Å². The summed E-state index contributed by atoms with van der Waals surface area (Å²) >= 11 is 0. The van der Waals surface area contributed by atoms with Crippen molar-refractivity contribution >= 4 is 28.2 Å². The molecule has 26 heavy (non-hydrogen) atoms. The number of likely N-dealkylation sites (N-methyl/N-ethyl adjacent to an activating group) is 1. The second kappa shape index (κ2) is 6.80. The van der Waals surface area contributed by atoms with Crippen LogP contribution in [-0.2, 0) is 0 Å². The average Bonchev–Trinajstić information content (AvgIpc) is 3.07. The molecule has 0 saturated carbocycles. The van der Waals surface area contributed by atoms with Gasteiger partial charge in [0.25, 0.3) is 5.91 Å². The minimum absolute atomic E-state index is 0.200. The SMILES string of the molecule is Cc1cc(NC(=O)c2n[nH]c3ccccc23)ccc1N1CCN(C)CC1. The lowest BCUT2D eigenvalue weighted by Crippen LogP contribution is -2.44. The molecule has 6 nitrogen and oxygen atoms in total. The maximum Gasteiger partial charge on any atom is 0.276 e. The van der Waals surface area contributed by atoms with Gasteiger partial charge in [0.05, 0.1) is 5.52 Å². The number of hydrogen-bond acceptors (Lipinski definition) is 4. The molecule has 2 N–H and O–H groups in total. The van der Waals surface area contributed by atoms with Gasteiger partial charge in [0.1, 0.15) is 0 Å². The van der Waals surface area contributed by atoms with E-state index in [9.17, 15) is 4.79 Å². The van der Waals surface area contributed by atoms with Crippen LogP contribution < -0.4 is 10.2 Å². The van der Waals surface area contributed by atoms with E-state index in [1.54, 1.807) is 0 Å². The van der Waals surface area contributed by atoms with Crippen molar-refractivity contribution in [2.45, 2.75) is 6.92 Å². The van der Waals surface area contributed by atoms with Crippen LogP contribution in [0.2, 0.25) is 0 Å². The van der Waals surface area contributed by atoms with E-state index in [0.29, 0.717) is 5.69 Å². The fraction of sp³-hybridized carbons (Fsp3) is 0.300. The van der Waals surface area contributed by atoms with Gasteiger partial charge in [-0.25, -0.2) is 0 Å². The molecule has 2 aromatic carbocycles. The molecule has 0 spiro atoms. The molecule has 0 atom stereocenters. The first-order chi connectivity index (χ1) is 12.6. The van der Waals surface area contributed by atoms with Gasteiger partial charge in [-0.15, -0.1) is 0 Å². The number of aromatic amines is 1. The Morgan fingerprint density at radius 1 is 1.12 bits per heavy atom. The topological polar surface area (TPSA) is 64.3 Å². The van der Waals surface area contributed by atoms with E-state index in [4.69, 9.17) is 0 Å². The molecule has 1 aromatic heterocycles. The minimum atomic E-state index is -0.200. The number of nitrogens with zero attached hydrogens (tertiary/aromatic N) is 3. The Labute approximate surface area is 152 Å². The van der Waals surface area contributed by atoms with Crippen molar-refractivity contribution in [3.8, 4) is 0 Å². The first-order valence-corrected chi connectivity index (χ1v) is 8.90. The predicted molar refractivity (Wildman–Crippen MR) is 105 cm³/mol. The zero-order valence-electron chi connectivity index (χ0n) is 15.1. The van der Waals surface area contributed by atoms with Gasteiger partial charge in [0.2, 0.25) is 0 Å². The molecule has 0 aliphatic carbocycles. The first-order valence-electron chi connectivity index (χ1n) is 8.90. The summed E-state index contributed by atoms with van der Waals surface area (Å²) in [5.41, 5.74) is 4.47. The van der Waals surface area contributed by atoms with E-state index in [2.05, 4.69) is 45.4 Å². The molecule has 134 valence electrons. The number of fused-ring (bicyclic) bond motifs is 1. The van der Waals surface area contributed by atoms with E-state index in [1.165, 1.54) is 11.3 Å². The number of carbonyl (C=O) groups is 1. The van der Waals surface area contributed by atoms with E-state index in [1.807, 2.05) is 36.4 Å². The number of carbonyl (C=O) groups excluding carboxylic acids is 1. The number of piperazine rings is 1. The number of para-hydroxylation sites is 1. The summed E-state index contributed by atoms with van der Waals surface area (Å²) in [5, 5.41) is 10.9. The molecule has 1 saturated heterocycles. The molecule has 0 bridgehead atoms. The molecule has 4 rings (SSSR count). The van der Waals surface area contributed by atoms with Crippen molar-refractivity contribution in [1.82, 2.24) is 15.1 Å². The molecule has 6 heteroatoms. The smallest absolute Gasteiger partial charge is 0.276 e. The molecule has 0 radical (unpaired) electrons. The monoisotopic (exact) mass is 349 g/mol. The van der Waals surface area contributed by atoms with Crippen molar-refractivity contribution in [3.05, 3.63) is 53.7 Å². The van der Waals surface area contributed by atoms with Gasteiger partial charge in [-0.2, -0.15) is 5.10 Å². The van der Waals surface area contributed by atoms with Crippen LogP contribution in [-0.4, -0.2) is 54.2 Å². The number of rotatable bonds is 3. The number of nitrogens with one attached hydrogen (secondary N) is 2. The molecule has 3 aromatic rings. The third kappa shape index (κ3) is 3.15. The van der Waals surface area contributed by atoms with E-state index < -0.39 is 0 Å². The minimum Gasteiger partial charge on any atom is -0.369 e.